The number of thiophene rings is 1. The molecule has 1 saturated heterocycles. The van der Waals surface area contributed by atoms with E-state index in [2.05, 4.69) is 40.0 Å². The SMILES string of the molecule is CCCc1cc(C(=O)N2CCC(c3nnc4n3CCNC4)CC2)sc1C. The summed E-state index contributed by atoms with van der Waals surface area (Å²) in [5, 5.41) is 12.1. The van der Waals surface area contributed by atoms with Crippen LogP contribution in [0.4, 0.5) is 0 Å². The van der Waals surface area contributed by atoms with E-state index in [1.165, 1.54) is 10.4 Å². The number of piperidine rings is 1. The van der Waals surface area contributed by atoms with Crippen LogP contribution in [0.2, 0.25) is 0 Å². The number of amides is 1. The Balaban J connectivity index is 1.41. The number of nitrogens with one attached hydrogen (secondary N) is 1. The van der Waals surface area contributed by atoms with Gasteiger partial charge < -0.3 is 14.8 Å². The van der Waals surface area contributed by atoms with E-state index < -0.39 is 0 Å². The third kappa shape index (κ3) is 3.30. The molecule has 2 aliphatic heterocycles. The highest BCUT2D eigenvalue weighted by atomic mass is 32.1. The maximum atomic E-state index is 12.9. The first-order valence-electron chi connectivity index (χ1n) is 9.68. The molecule has 0 aromatic carbocycles. The van der Waals surface area contributed by atoms with E-state index in [9.17, 15) is 4.79 Å². The molecule has 1 N–H and O–H groups in total. The second kappa shape index (κ2) is 7.48. The van der Waals surface area contributed by atoms with E-state index in [0.29, 0.717) is 5.92 Å². The average molecular weight is 374 g/mol. The van der Waals surface area contributed by atoms with Gasteiger partial charge in [0.25, 0.3) is 5.91 Å². The van der Waals surface area contributed by atoms with Crippen molar-refractivity contribution in [3.8, 4) is 0 Å². The van der Waals surface area contributed by atoms with Crippen molar-refractivity contribution < 1.29 is 4.79 Å². The number of likely N-dealkylation sites (tertiary alicyclic amines) is 1. The Morgan fingerprint density at radius 3 is 2.88 bits per heavy atom. The van der Waals surface area contributed by atoms with Crippen molar-refractivity contribution in [2.24, 2.45) is 0 Å². The molecule has 0 unspecified atom stereocenters. The van der Waals surface area contributed by atoms with E-state index in [1.54, 1.807) is 11.3 Å². The lowest BCUT2D eigenvalue weighted by Crippen LogP contribution is -2.38. The van der Waals surface area contributed by atoms with Gasteiger partial charge >= 0.3 is 0 Å². The normalized spacial score (nSPS) is 18.2. The molecule has 140 valence electrons. The molecule has 0 saturated carbocycles. The van der Waals surface area contributed by atoms with Crippen molar-refractivity contribution in [2.45, 2.75) is 58.5 Å². The number of fused-ring (bicyclic) bond motifs is 1. The number of aryl methyl sites for hydroxylation is 2. The van der Waals surface area contributed by atoms with Crippen molar-refractivity contribution in [2.75, 3.05) is 19.6 Å². The number of nitrogens with zero attached hydrogens (tertiary/aromatic N) is 4. The Kier molecular flexibility index (Phi) is 5.09. The molecule has 2 aromatic heterocycles. The fraction of sp³-hybridized carbons (Fsp3) is 0.632. The van der Waals surface area contributed by atoms with Crippen LogP contribution in [0.3, 0.4) is 0 Å². The van der Waals surface area contributed by atoms with Crippen LogP contribution in [0.25, 0.3) is 0 Å². The van der Waals surface area contributed by atoms with Crippen LogP contribution in [0.1, 0.15) is 63.9 Å². The number of carbonyl (C=O) groups is 1. The molecule has 0 atom stereocenters. The first-order chi connectivity index (χ1) is 12.7. The van der Waals surface area contributed by atoms with Gasteiger partial charge in [-0.3, -0.25) is 4.79 Å². The molecule has 0 radical (unpaired) electrons. The van der Waals surface area contributed by atoms with Gasteiger partial charge in [-0.25, -0.2) is 0 Å². The summed E-state index contributed by atoms with van der Waals surface area (Å²) < 4.78 is 2.28. The number of hydrogen-bond acceptors (Lipinski definition) is 5. The quantitative estimate of drug-likeness (QED) is 0.895. The van der Waals surface area contributed by atoms with Crippen LogP contribution in [-0.4, -0.2) is 45.2 Å². The summed E-state index contributed by atoms with van der Waals surface area (Å²) in [5.74, 6) is 2.78. The van der Waals surface area contributed by atoms with Crippen molar-refractivity contribution in [1.82, 2.24) is 25.0 Å². The molecule has 0 bridgehead atoms. The third-order valence-corrected chi connectivity index (χ3v) is 6.63. The maximum absolute atomic E-state index is 12.9. The Hall–Kier alpha value is -1.73. The summed E-state index contributed by atoms with van der Waals surface area (Å²) in [4.78, 5) is 17.1. The van der Waals surface area contributed by atoms with Crippen LogP contribution in [-0.2, 0) is 19.5 Å². The van der Waals surface area contributed by atoms with Gasteiger partial charge in [0.1, 0.15) is 11.6 Å². The van der Waals surface area contributed by atoms with E-state index >= 15 is 0 Å². The Morgan fingerprint density at radius 2 is 2.12 bits per heavy atom. The summed E-state index contributed by atoms with van der Waals surface area (Å²) in [5.41, 5.74) is 1.33. The second-order valence-electron chi connectivity index (χ2n) is 7.31. The van der Waals surface area contributed by atoms with Gasteiger partial charge in [0, 0.05) is 37.0 Å². The predicted molar refractivity (Wildman–Crippen MR) is 103 cm³/mol. The molecule has 0 aliphatic carbocycles. The van der Waals surface area contributed by atoms with E-state index in [-0.39, 0.29) is 5.91 Å². The summed E-state index contributed by atoms with van der Waals surface area (Å²) >= 11 is 1.65. The number of hydrogen-bond donors (Lipinski definition) is 1. The molecule has 2 aromatic rings. The summed E-state index contributed by atoms with van der Waals surface area (Å²) in [7, 11) is 0. The lowest BCUT2D eigenvalue weighted by Gasteiger charge is -2.31. The number of rotatable bonds is 4. The minimum atomic E-state index is 0.200. The van der Waals surface area contributed by atoms with Gasteiger partial charge in [0.2, 0.25) is 0 Å². The number of carbonyl (C=O) groups excluding carboxylic acids is 1. The molecular weight excluding hydrogens is 346 g/mol. The largest absolute Gasteiger partial charge is 0.338 e. The topological polar surface area (TPSA) is 63.1 Å². The predicted octanol–water partition coefficient (Wildman–Crippen LogP) is 2.72. The molecule has 1 amide bonds. The second-order valence-corrected chi connectivity index (χ2v) is 8.57. The van der Waals surface area contributed by atoms with E-state index in [0.717, 1.165) is 74.9 Å². The lowest BCUT2D eigenvalue weighted by molar-refractivity contribution is 0.0715. The zero-order chi connectivity index (χ0) is 18.1. The minimum absolute atomic E-state index is 0.200. The fourth-order valence-corrected chi connectivity index (χ4v) is 5.10. The first kappa shape index (κ1) is 17.7. The van der Waals surface area contributed by atoms with E-state index in [1.807, 2.05) is 4.90 Å². The molecule has 7 heteroatoms. The van der Waals surface area contributed by atoms with Crippen LogP contribution in [0, 0.1) is 6.92 Å². The summed E-state index contributed by atoms with van der Waals surface area (Å²) in [6.45, 7) is 8.67. The molecule has 1 fully saturated rings. The molecule has 4 heterocycles. The first-order valence-corrected chi connectivity index (χ1v) is 10.5. The van der Waals surface area contributed by atoms with Crippen LogP contribution in [0.15, 0.2) is 6.07 Å². The van der Waals surface area contributed by atoms with Gasteiger partial charge in [0.05, 0.1) is 11.4 Å². The highest BCUT2D eigenvalue weighted by molar-refractivity contribution is 7.14. The van der Waals surface area contributed by atoms with Crippen molar-refractivity contribution in [1.29, 1.82) is 0 Å². The summed E-state index contributed by atoms with van der Waals surface area (Å²) in [6, 6.07) is 2.11. The van der Waals surface area contributed by atoms with Gasteiger partial charge in [-0.1, -0.05) is 13.3 Å². The molecule has 6 nitrogen and oxygen atoms in total. The van der Waals surface area contributed by atoms with E-state index in [4.69, 9.17) is 0 Å². The molecule has 0 spiro atoms. The maximum Gasteiger partial charge on any atom is 0.263 e. The third-order valence-electron chi connectivity index (χ3n) is 5.55. The van der Waals surface area contributed by atoms with Gasteiger partial charge in [-0.15, -0.1) is 21.5 Å². The standard InChI is InChI=1S/C19H27N5OS/c1-3-4-15-11-16(26-13(15)2)19(25)23-8-5-14(6-9-23)18-22-21-17-12-20-7-10-24(17)18/h11,14,20H,3-10,12H2,1-2H3. The molecular formula is C19H27N5OS. The van der Waals surface area contributed by atoms with Crippen LogP contribution < -0.4 is 5.32 Å². The Labute approximate surface area is 158 Å². The van der Waals surface area contributed by atoms with Gasteiger partial charge in [0.15, 0.2) is 0 Å². The Morgan fingerprint density at radius 1 is 1.31 bits per heavy atom. The van der Waals surface area contributed by atoms with Crippen molar-refractivity contribution in [3.05, 3.63) is 33.0 Å². The zero-order valence-corrected chi connectivity index (χ0v) is 16.4. The van der Waals surface area contributed by atoms with Gasteiger partial charge in [-0.05, 0) is 37.8 Å². The molecule has 4 rings (SSSR count). The lowest BCUT2D eigenvalue weighted by atomic mass is 9.95. The van der Waals surface area contributed by atoms with Crippen LogP contribution >= 0.6 is 11.3 Å². The van der Waals surface area contributed by atoms with Crippen molar-refractivity contribution >= 4 is 17.2 Å². The zero-order valence-electron chi connectivity index (χ0n) is 15.6. The minimum Gasteiger partial charge on any atom is -0.338 e. The molecule has 2 aliphatic rings. The highest BCUT2D eigenvalue weighted by Gasteiger charge is 2.29. The highest BCUT2D eigenvalue weighted by Crippen LogP contribution is 2.30. The summed E-state index contributed by atoms with van der Waals surface area (Å²) in [6.07, 6.45) is 4.13. The van der Waals surface area contributed by atoms with Gasteiger partial charge in [-0.2, -0.15) is 0 Å². The smallest absolute Gasteiger partial charge is 0.263 e. The Bertz CT molecular complexity index is 788. The monoisotopic (exact) mass is 373 g/mol. The molecule has 26 heavy (non-hydrogen) atoms. The average Bonchev–Trinajstić information content (AvgIpc) is 3.26. The number of aromatic nitrogens is 3. The van der Waals surface area contributed by atoms with Crippen molar-refractivity contribution in [3.63, 3.8) is 0 Å². The van der Waals surface area contributed by atoms with Crippen LogP contribution in [0.5, 0.6) is 0 Å². The fourth-order valence-electron chi connectivity index (χ4n) is 4.06.